The van der Waals surface area contributed by atoms with Gasteiger partial charge in [0.15, 0.2) is 0 Å². The molecule has 0 fully saturated rings. The summed E-state index contributed by atoms with van der Waals surface area (Å²) in [6.07, 6.45) is 4.62. The normalized spacial score (nSPS) is 11.6. The Kier molecular flexibility index (Phi) is 3.72. The van der Waals surface area contributed by atoms with Crippen molar-refractivity contribution >= 4 is 11.6 Å². The van der Waals surface area contributed by atoms with Crippen LogP contribution in [0, 0.1) is 5.41 Å². The molecule has 0 saturated carbocycles. The molecular weight excluding hydrogens is 242 g/mol. The van der Waals surface area contributed by atoms with Gasteiger partial charge in [-0.2, -0.15) is 0 Å². The molecule has 94 valence electrons. The second kappa shape index (κ2) is 5.11. The van der Waals surface area contributed by atoms with Crippen molar-refractivity contribution in [3.8, 4) is 11.1 Å². The molecule has 2 rings (SSSR count). The van der Waals surface area contributed by atoms with Gasteiger partial charge in [-0.15, -0.1) is 0 Å². The minimum Gasteiger partial charge on any atom is -0.264 e. The molecule has 0 aliphatic rings. The SMILES string of the molecule is CC(C)(C)Cc1ccc(-c2cccnc2)cc1Cl. The van der Waals surface area contributed by atoms with E-state index in [2.05, 4.69) is 37.9 Å². The maximum absolute atomic E-state index is 6.36. The van der Waals surface area contributed by atoms with Crippen molar-refractivity contribution in [2.75, 3.05) is 0 Å². The summed E-state index contributed by atoms with van der Waals surface area (Å²) in [6, 6.07) is 10.2. The van der Waals surface area contributed by atoms with Crippen LogP contribution in [0.5, 0.6) is 0 Å². The predicted molar refractivity (Wildman–Crippen MR) is 77.8 cm³/mol. The summed E-state index contributed by atoms with van der Waals surface area (Å²) in [7, 11) is 0. The fraction of sp³-hybridized carbons (Fsp3) is 0.312. The summed E-state index contributed by atoms with van der Waals surface area (Å²) in [5, 5.41) is 0.839. The first kappa shape index (κ1) is 13.1. The molecule has 1 aromatic carbocycles. The molecule has 0 aliphatic carbocycles. The molecule has 0 spiro atoms. The van der Waals surface area contributed by atoms with Crippen molar-refractivity contribution in [3.05, 3.63) is 53.3 Å². The maximum atomic E-state index is 6.36. The Labute approximate surface area is 114 Å². The van der Waals surface area contributed by atoms with Crippen LogP contribution in [-0.4, -0.2) is 4.98 Å². The van der Waals surface area contributed by atoms with Gasteiger partial charge in [-0.25, -0.2) is 0 Å². The van der Waals surface area contributed by atoms with Gasteiger partial charge in [-0.1, -0.05) is 50.6 Å². The highest BCUT2D eigenvalue weighted by Gasteiger charge is 2.14. The van der Waals surface area contributed by atoms with Crippen molar-refractivity contribution in [2.45, 2.75) is 27.2 Å². The molecule has 2 heteroatoms. The number of rotatable bonds is 2. The average molecular weight is 260 g/mol. The van der Waals surface area contributed by atoms with E-state index in [9.17, 15) is 0 Å². The Bertz CT molecular complexity index is 527. The number of hydrogen-bond acceptors (Lipinski definition) is 1. The van der Waals surface area contributed by atoms with E-state index in [-0.39, 0.29) is 5.41 Å². The number of aromatic nitrogens is 1. The first-order valence-electron chi connectivity index (χ1n) is 6.14. The van der Waals surface area contributed by atoms with Crippen LogP contribution in [0.15, 0.2) is 42.7 Å². The van der Waals surface area contributed by atoms with E-state index in [4.69, 9.17) is 11.6 Å². The molecule has 0 aliphatic heterocycles. The summed E-state index contributed by atoms with van der Waals surface area (Å²) in [5.74, 6) is 0. The summed E-state index contributed by atoms with van der Waals surface area (Å²) < 4.78 is 0. The largest absolute Gasteiger partial charge is 0.264 e. The molecule has 18 heavy (non-hydrogen) atoms. The van der Waals surface area contributed by atoms with E-state index in [1.807, 2.05) is 24.4 Å². The van der Waals surface area contributed by atoms with Crippen LogP contribution in [0.25, 0.3) is 11.1 Å². The topological polar surface area (TPSA) is 12.9 Å². The quantitative estimate of drug-likeness (QED) is 0.740. The smallest absolute Gasteiger partial charge is 0.0444 e. The third kappa shape index (κ3) is 3.33. The van der Waals surface area contributed by atoms with Gasteiger partial charge in [0.25, 0.3) is 0 Å². The van der Waals surface area contributed by atoms with Crippen LogP contribution in [0.4, 0.5) is 0 Å². The van der Waals surface area contributed by atoms with E-state index in [0.29, 0.717) is 0 Å². The second-order valence-electron chi connectivity index (χ2n) is 5.79. The molecule has 1 heterocycles. The number of benzene rings is 1. The van der Waals surface area contributed by atoms with Crippen LogP contribution >= 0.6 is 11.6 Å². The Morgan fingerprint density at radius 3 is 2.44 bits per heavy atom. The maximum Gasteiger partial charge on any atom is 0.0444 e. The second-order valence-corrected chi connectivity index (χ2v) is 6.19. The van der Waals surface area contributed by atoms with Crippen molar-refractivity contribution in [2.24, 2.45) is 5.41 Å². The number of pyridine rings is 1. The Morgan fingerprint density at radius 1 is 1.11 bits per heavy atom. The van der Waals surface area contributed by atoms with Crippen LogP contribution in [0.1, 0.15) is 26.3 Å². The zero-order chi connectivity index (χ0) is 13.2. The zero-order valence-electron chi connectivity index (χ0n) is 11.1. The fourth-order valence-corrected chi connectivity index (χ4v) is 2.22. The van der Waals surface area contributed by atoms with Crippen molar-refractivity contribution in [1.29, 1.82) is 0 Å². The highest BCUT2D eigenvalue weighted by atomic mass is 35.5. The molecule has 0 bridgehead atoms. The lowest BCUT2D eigenvalue weighted by Gasteiger charge is -2.19. The van der Waals surface area contributed by atoms with Gasteiger partial charge in [-0.05, 0) is 35.1 Å². The molecule has 0 unspecified atom stereocenters. The first-order chi connectivity index (χ1) is 8.46. The minimum atomic E-state index is 0.249. The Morgan fingerprint density at radius 2 is 1.89 bits per heavy atom. The van der Waals surface area contributed by atoms with Gasteiger partial charge in [0, 0.05) is 23.0 Å². The molecule has 2 aromatic rings. The molecule has 0 saturated heterocycles. The summed E-state index contributed by atoms with van der Waals surface area (Å²) >= 11 is 6.36. The molecule has 1 nitrogen and oxygen atoms in total. The molecule has 0 amide bonds. The van der Waals surface area contributed by atoms with Crippen LogP contribution in [0.3, 0.4) is 0 Å². The van der Waals surface area contributed by atoms with E-state index in [0.717, 1.165) is 22.6 Å². The van der Waals surface area contributed by atoms with Gasteiger partial charge in [0.05, 0.1) is 0 Å². The Hall–Kier alpha value is -1.34. The van der Waals surface area contributed by atoms with E-state index < -0.39 is 0 Å². The van der Waals surface area contributed by atoms with E-state index >= 15 is 0 Å². The lowest BCUT2D eigenvalue weighted by Crippen LogP contribution is -2.09. The van der Waals surface area contributed by atoms with Crippen molar-refractivity contribution in [3.63, 3.8) is 0 Å². The van der Waals surface area contributed by atoms with Gasteiger partial charge in [0.2, 0.25) is 0 Å². The summed E-state index contributed by atoms with van der Waals surface area (Å²) in [4.78, 5) is 4.13. The third-order valence-corrected chi connectivity index (χ3v) is 3.12. The number of nitrogens with zero attached hydrogens (tertiary/aromatic N) is 1. The van der Waals surface area contributed by atoms with Gasteiger partial charge < -0.3 is 0 Å². The predicted octanol–water partition coefficient (Wildman–Crippen LogP) is 4.99. The lowest BCUT2D eigenvalue weighted by atomic mass is 9.87. The van der Waals surface area contributed by atoms with Gasteiger partial charge >= 0.3 is 0 Å². The molecule has 0 N–H and O–H groups in total. The van der Waals surface area contributed by atoms with Crippen LogP contribution in [0.2, 0.25) is 5.02 Å². The third-order valence-electron chi connectivity index (χ3n) is 2.77. The highest BCUT2D eigenvalue weighted by Crippen LogP contribution is 2.29. The lowest BCUT2D eigenvalue weighted by molar-refractivity contribution is 0.411. The summed E-state index contributed by atoms with van der Waals surface area (Å²) in [5.41, 5.74) is 3.67. The van der Waals surface area contributed by atoms with E-state index in [1.165, 1.54) is 5.56 Å². The monoisotopic (exact) mass is 259 g/mol. The zero-order valence-corrected chi connectivity index (χ0v) is 11.8. The minimum absolute atomic E-state index is 0.249. The standard InChI is InChI=1S/C16H18ClN/c1-16(2,3)10-13-7-6-12(9-15(13)17)14-5-4-8-18-11-14/h4-9,11H,10H2,1-3H3. The summed E-state index contributed by atoms with van der Waals surface area (Å²) in [6.45, 7) is 6.66. The molecule has 0 radical (unpaired) electrons. The van der Waals surface area contributed by atoms with Crippen LogP contribution in [-0.2, 0) is 6.42 Å². The number of hydrogen-bond donors (Lipinski definition) is 0. The van der Waals surface area contributed by atoms with Crippen molar-refractivity contribution < 1.29 is 0 Å². The molecular formula is C16H18ClN. The fourth-order valence-electron chi connectivity index (χ4n) is 1.98. The first-order valence-corrected chi connectivity index (χ1v) is 6.52. The molecule has 0 atom stereocenters. The average Bonchev–Trinajstić information content (AvgIpc) is 2.31. The van der Waals surface area contributed by atoms with E-state index in [1.54, 1.807) is 6.20 Å². The van der Waals surface area contributed by atoms with Gasteiger partial charge in [-0.3, -0.25) is 4.98 Å². The van der Waals surface area contributed by atoms with Crippen LogP contribution < -0.4 is 0 Å². The Balaban J connectivity index is 2.31. The van der Waals surface area contributed by atoms with Crippen molar-refractivity contribution in [1.82, 2.24) is 4.98 Å². The van der Waals surface area contributed by atoms with Gasteiger partial charge in [0.1, 0.15) is 0 Å². The highest BCUT2D eigenvalue weighted by molar-refractivity contribution is 6.31. The number of halogens is 1. The molecule has 1 aromatic heterocycles.